The van der Waals surface area contributed by atoms with Gasteiger partial charge in [0.05, 0.1) is 6.42 Å². The number of hydrogen-bond acceptors (Lipinski definition) is 5. The molecule has 8 nitrogen and oxygen atoms in total. The van der Waals surface area contributed by atoms with Crippen LogP contribution in [0.3, 0.4) is 0 Å². The van der Waals surface area contributed by atoms with Gasteiger partial charge in [-0.2, -0.15) is 0 Å². The Morgan fingerprint density at radius 1 is 1.12 bits per heavy atom. The number of carboxylic acid groups (broad SMARTS) is 1. The highest BCUT2D eigenvalue weighted by molar-refractivity contribution is 5.89. The largest absolute Gasteiger partial charge is 0.481 e. The zero-order valence-electron chi connectivity index (χ0n) is 19.6. The third-order valence-electron chi connectivity index (χ3n) is 6.81. The van der Waals surface area contributed by atoms with E-state index >= 15 is 0 Å². The Balaban J connectivity index is 1.42. The van der Waals surface area contributed by atoms with Crippen molar-refractivity contribution in [3.05, 3.63) is 59.7 Å². The molecule has 4 rings (SSSR count). The topological polar surface area (TPSA) is 99.2 Å². The maximum Gasteiger partial charge on any atom is 0.407 e. The van der Waals surface area contributed by atoms with Crippen LogP contribution in [-0.4, -0.2) is 78.8 Å². The van der Waals surface area contributed by atoms with Gasteiger partial charge in [-0.15, -0.1) is 0 Å². The minimum absolute atomic E-state index is 0.0214. The summed E-state index contributed by atoms with van der Waals surface area (Å²) in [7, 11) is 3.66. The van der Waals surface area contributed by atoms with Crippen LogP contribution >= 0.6 is 0 Å². The molecule has 0 aromatic heterocycles. The number of carbonyl (C=O) groups is 3. The summed E-state index contributed by atoms with van der Waals surface area (Å²) in [5.41, 5.74) is 4.39. The summed E-state index contributed by atoms with van der Waals surface area (Å²) in [5, 5.41) is 11.8. The van der Waals surface area contributed by atoms with E-state index in [0.29, 0.717) is 6.54 Å². The van der Waals surface area contributed by atoms with Gasteiger partial charge in [0.1, 0.15) is 12.6 Å². The Hall–Kier alpha value is -3.39. The third kappa shape index (κ3) is 5.07. The molecule has 1 heterocycles. The normalized spacial score (nSPS) is 18.5. The average molecular weight is 466 g/mol. The molecule has 0 spiro atoms. The van der Waals surface area contributed by atoms with Crippen LogP contribution < -0.4 is 5.32 Å². The minimum Gasteiger partial charge on any atom is -0.481 e. The number of likely N-dealkylation sites (N-methyl/N-ethyl adjacent to an activating group) is 2. The summed E-state index contributed by atoms with van der Waals surface area (Å²) in [6, 6.07) is 14.8. The van der Waals surface area contributed by atoms with Gasteiger partial charge in [-0.1, -0.05) is 48.5 Å². The Labute approximate surface area is 199 Å². The standard InChI is InChI=1S/C26H31N3O5/c1-28-13-7-8-17(15-28)29(2)25(32)23(14-24(30)31)27-26(33)34-16-22-20-11-5-3-9-18(20)19-10-4-6-12-21(19)22/h3-6,9-12,17,22-23H,7-8,13-16H2,1-2H3,(H,27,33)(H,30,31). The second-order valence-corrected chi connectivity index (χ2v) is 9.13. The lowest BCUT2D eigenvalue weighted by Crippen LogP contribution is -2.54. The van der Waals surface area contributed by atoms with Gasteiger partial charge in [-0.25, -0.2) is 4.79 Å². The predicted molar refractivity (Wildman–Crippen MR) is 128 cm³/mol. The molecule has 0 radical (unpaired) electrons. The van der Waals surface area contributed by atoms with Crippen LogP contribution in [0.2, 0.25) is 0 Å². The van der Waals surface area contributed by atoms with Gasteiger partial charge in [0, 0.05) is 25.6 Å². The van der Waals surface area contributed by atoms with Crippen LogP contribution in [0, 0.1) is 0 Å². The highest BCUT2D eigenvalue weighted by Crippen LogP contribution is 2.44. The molecular weight excluding hydrogens is 434 g/mol. The minimum atomic E-state index is -1.19. The molecule has 0 saturated carbocycles. The first kappa shape index (κ1) is 23.8. The van der Waals surface area contributed by atoms with Crippen molar-refractivity contribution in [2.75, 3.05) is 33.8 Å². The van der Waals surface area contributed by atoms with Crippen molar-refractivity contribution in [2.45, 2.75) is 37.3 Å². The van der Waals surface area contributed by atoms with Gasteiger partial charge in [0.15, 0.2) is 0 Å². The fourth-order valence-electron chi connectivity index (χ4n) is 5.04. The molecule has 2 aromatic carbocycles. The van der Waals surface area contributed by atoms with Crippen LogP contribution in [0.1, 0.15) is 36.3 Å². The lowest BCUT2D eigenvalue weighted by Gasteiger charge is -2.37. The van der Waals surface area contributed by atoms with E-state index in [-0.39, 0.29) is 18.6 Å². The second kappa shape index (κ2) is 10.3. The summed E-state index contributed by atoms with van der Waals surface area (Å²) in [6.45, 7) is 1.78. The highest BCUT2D eigenvalue weighted by atomic mass is 16.5. The van der Waals surface area contributed by atoms with E-state index in [2.05, 4.69) is 10.2 Å². The Bertz CT molecular complexity index is 1030. The van der Waals surface area contributed by atoms with Crippen LogP contribution in [0.4, 0.5) is 4.79 Å². The van der Waals surface area contributed by atoms with Gasteiger partial charge < -0.3 is 25.0 Å². The molecule has 1 aliphatic heterocycles. The second-order valence-electron chi connectivity index (χ2n) is 9.13. The van der Waals surface area contributed by atoms with Crippen molar-refractivity contribution in [2.24, 2.45) is 0 Å². The van der Waals surface area contributed by atoms with Crippen LogP contribution in [-0.2, 0) is 14.3 Å². The fourth-order valence-corrected chi connectivity index (χ4v) is 5.04. The zero-order chi connectivity index (χ0) is 24.2. The lowest BCUT2D eigenvalue weighted by molar-refractivity contribution is -0.143. The summed E-state index contributed by atoms with van der Waals surface area (Å²) in [5.74, 6) is -1.70. The Morgan fingerprint density at radius 2 is 1.74 bits per heavy atom. The molecule has 2 aliphatic rings. The number of fused-ring (bicyclic) bond motifs is 3. The van der Waals surface area contributed by atoms with Gasteiger partial charge in [0.2, 0.25) is 5.91 Å². The van der Waals surface area contributed by atoms with Crippen LogP contribution in [0.15, 0.2) is 48.5 Å². The molecule has 34 heavy (non-hydrogen) atoms. The first-order valence-electron chi connectivity index (χ1n) is 11.6. The van der Waals surface area contributed by atoms with Crippen LogP contribution in [0.25, 0.3) is 11.1 Å². The van der Waals surface area contributed by atoms with Gasteiger partial charge in [-0.05, 0) is 48.7 Å². The molecule has 2 amide bonds. The number of ether oxygens (including phenoxy) is 1. The van der Waals surface area contributed by atoms with E-state index in [1.165, 1.54) is 0 Å². The monoisotopic (exact) mass is 465 g/mol. The van der Waals surface area contributed by atoms with E-state index < -0.39 is 30.4 Å². The van der Waals surface area contributed by atoms with E-state index in [9.17, 15) is 19.5 Å². The first-order chi connectivity index (χ1) is 16.3. The molecule has 2 atom stereocenters. The van der Waals surface area contributed by atoms with Crippen molar-refractivity contribution < 1.29 is 24.2 Å². The number of rotatable bonds is 7. The number of alkyl carbamates (subject to hydrolysis) is 1. The number of benzene rings is 2. The maximum atomic E-state index is 13.1. The Morgan fingerprint density at radius 3 is 2.32 bits per heavy atom. The number of hydrogen-bond donors (Lipinski definition) is 2. The highest BCUT2D eigenvalue weighted by Gasteiger charge is 2.33. The van der Waals surface area contributed by atoms with Crippen molar-refractivity contribution in [3.63, 3.8) is 0 Å². The maximum absolute atomic E-state index is 13.1. The molecule has 2 aromatic rings. The number of amides is 2. The van der Waals surface area contributed by atoms with Crippen LogP contribution in [0.5, 0.6) is 0 Å². The van der Waals surface area contributed by atoms with Crippen molar-refractivity contribution in [1.82, 2.24) is 15.1 Å². The van der Waals surface area contributed by atoms with Crippen molar-refractivity contribution >= 4 is 18.0 Å². The third-order valence-corrected chi connectivity index (χ3v) is 6.81. The number of nitrogens with one attached hydrogen (secondary N) is 1. The molecule has 8 heteroatoms. The van der Waals surface area contributed by atoms with Crippen molar-refractivity contribution in [3.8, 4) is 11.1 Å². The van der Waals surface area contributed by atoms with E-state index in [1.54, 1.807) is 11.9 Å². The Kier molecular flexibility index (Phi) is 7.17. The lowest BCUT2D eigenvalue weighted by atomic mass is 9.98. The summed E-state index contributed by atoms with van der Waals surface area (Å²) >= 11 is 0. The molecule has 2 N–H and O–H groups in total. The number of carbonyl (C=O) groups excluding carboxylic acids is 2. The van der Waals surface area contributed by atoms with Gasteiger partial charge in [0.25, 0.3) is 0 Å². The van der Waals surface area contributed by atoms with E-state index in [4.69, 9.17) is 4.74 Å². The predicted octanol–water partition coefficient (Wildman–Crippen LogP) is 2.92. The molecule has 0 bridgehead atoms. The SMILES string of the molecule is CN1CCCC(N(C)C(=O)C(CC(=O)O)NC(=O)OCC2c3ccccc3-c3ccccc32)C1. The molecular formula is C26H31N3O5. The van der Waals surface area contributed by atoms with Crippen molar-refractivity contribution in [1.29, 1.82) is 0 Å². The number of piperidine rings is 1. The fraction of sp³-hybridized carbons (Fsp3) is 0.423. The van der Waals surface area contributed by atoms with E-state index in [1.807, 2.05) is 55.6 Å². The first-order valence-corrected chi connectivity index (χ1v) is 11.6. The van der Waals surface area contributed by atoms with Gasteiger partial charge >= 0.3 is 12.1 Å². The average Bonchev–Trinajstić information content (AvgIpc) is 3.15. The molecule has 1 fully saturated rings. The number of nitrogens with zero attached hydrogens (tertiary/aromatic N) is 2. The molecule has 180 valence electrons. The smallest absolute Gasteiger partial charge is 0.407 e. The summed E-state index contributed by atoms with van der Waals surface area (Å²) in [4.78, 5) is 40.9. The summed E-state index contributed by atoms with van der Waals surface area (Å²) < 4.78 is 5.52. The number of aliphatic carboxylic acids is 1. The number of carboxylic acids is 1. The molecule has 1 aliphatic carbocycles. The zero-order valence-corrected chi connectivity index (χ0v) is 19.6. The number of likely N-dealkylation sites (tertiary alicyclic amines) is 1. The molecule has 2 unspecified atom stereocenters. The summed E-state index contributed by atoms with van der Waals surface area (Å²) in [6.07, 6.45) is 0.505. The quantitative estimate of drug-likeness (QED) is 0.652. The molecule has 1 saturated heterocycles. The van der Waals surface area contributed by atoms with E-state index in [0.717, 1.165) is 41.6 Å². The van der Waals surface area contributed by atoms with Gasteiger partial charge in [-0.3, -0.25) is 9.59 Å².